The summed E-state index contributed by atoms with van der Waals surface area (Å²) in [5, 5.41) is 8.93. The highest BCUT2D eigenvalue weighted by Crippen LogP contribution is 2.25. The number of carbonyl (C=O) groups is 2. The number of piperidine rings is 1. The molecule has 0 bridgehead atoms. The second-order valence-corrected chi connectivity index (χ2v) is 7.09. The molecular weight excluding hydrogens is 329 g/mol. The third kappa shape index (κ3) is 3.50. The number of hydrogen-bond acceptors (Lipinski definition) is 5. The number of hydrogen-bond donors (Lipinski definition) is 1. The van der Waals surface area contributed by atoms with Crippen LogP contribution < -0.4 is 0 Å². The highest BCUT2D eigenvalue weighted by atomic mass is 32.2. The van der Waals surface area contributed by atoms with E-state index >= 15 is 0 Å². The fourth-order valence-corrected chi connectivity index (χ4v) is 3.91. The first-order valence-electron chi connectivity index (χ1n) is 6.88. The van der Waals surface area contributed by atoms with E-state index in [1.165, 1.54) is 0 Å². The van der Waals surface area contributed by atoms with Crippen molar-refractivity contribution >= 4 is 22.0 Å². The molecule has 2 rings (SSSR count). The van der Waals surface area contributed by atoms with Crippen molar-refractivity contribution in [3.05, 3.63) is 29.6 Å². The number of ether oxygens (including phenoxy) is 1. The van der Waals surface area contributed by atoms with E-state index in [4.69, 9.17) is 5.11 Å². The van der Waals surface area contributed by atoms with E-state index in [1.807, 2.05) is 0 Å². The lowest BCUT2D eigenvalue weighted by atomic mass is 9.99. The summed E-state index contributed by atoms with van der Waals surface area (Å²) in [6.45, 7) is 0.110. The van der Waals surface area contributed by atoms with Crippen molar-refractivity contribution in [1.29, 1.82) is 0 Å². The molecule has 0 atom stereocenters. The van der Waals surface area contributed by atoms with Crippen LogP contribution in [0.2, 0.25) is 0 Å². The lowest BCUT2D eigenvalue weighted by Gasteiger charge is -2.29. The zero-order chi connectivity index (χ0) is 17.2. The van der Waals surface area contributed by atoms with Gasteiger partial charge in [0, 0.05) is 13.1 Å². The van der Waals surface area contributed by atoms with Gasteiger partial charge in [-0.1, -0.05) is 0 Å². The summed E-state index contributed by atoms with van der Waals surface area (Å²) >= 11 is 0. The lowest BCUT2D eigenvalue weighted by molar-refractivity contribution is -0.142. The average molecular weight is 345 g/mol. The average Bonchev–Trinajstić information content (AvgIpc) is 2.54. The second-order valence-electron chi connectivity index (χ2n) is 5.15. The number of esters is 1. The molecule has 9 heteroatoms. The number of sulfonamides is 1. The SMILES string of the molecule is COC(=O)c1ccc(S(=O)(=O)N2CCC(C(=O)O)CC2)cc1F. The first-order chi connectivity index (χ1) is 10.8. The molecule has 0 spiro atoms. The van der Waals surface area contributed by atoms with Crippen LogP contribution in [0.4, 0.5) is 4.39 Å². The van der Waals surface area contributed by atoms with Crippen LogP contribution in [-0.2, 0) is 19.6 Å². The summed E-state index contributed by atoms with van der Waals surface area (Å²) in [5.74, 6) is -3.40. The Morgan fingerprint density at radius 2 is 1.91 bits per heavy atom. The molecule has 1 aromatic rings. The van der Waals surface area contributed by atoms with Gasteiger partial charge in [-0.05, 0) is 31.0 Å². The molecule has 1 N–H and O–H groups in total. The number of nitrogens with zero attached hydrogens (tertiary/aromatic N) is 1. The molecule has 0 saturated carbocycles. The first-order valence-corrected chi connectivity index (χ1v) is 8.32. The van der Waals surface area contributed by atoms with Gasteiger partial charge in [0.1, 0.15) is 5.82 Å². The molecule has 1 heterocycles. The van der Waals surface area contributed by atoms with Gasteiger partial charge < -0.3 is 9.84 Å². The highest BCUT2D eigenvalue weighted by Gasteiger charge is 2.32. The van der Waals surface area contributed by atoms with Gasteiger partial charge in [-0.3, -0.25) is 4.79 Å². The molecule has 1 aromatic carbocycles. The molecule has 0 aliphatic carbocycles. The number of carboxylic acid groups (broad SMARTS) is 1. The Kier molecular flexibility index (Phi) is 5.00. The van der Waals surface area contributed by atoms with Gasteiger partial charge in [0.2, 0.25) is 10.0 Å². The van der Waals surface area contributed by atoms with E-state index in [0.29, 0.717) is 0 Å². The number of rotatable bonds is 4. The number of aliphatic carboxylic acids is 1. The van der Waals surface area contributed by atoms with Gasteiger partial charge >= 0.3 is 11.9 Å². The normalized spacial score (nSPS) is 17.0. The van der Waals surface area contributed by atoms with Crippen LogP contribution in [0, 0.1) is 11.7 Å². The standard InChI is InChI=1S/C14H16FNO6S/c1-22-14(19)11-3-2-10(8-12(11)15)23(20,21)16-6-4-9(5-7-16)13(17)18/h2-3,8-9H,4-7H2,1H3,(H,17,18). The minimum Gasteiger partial charge on any atom is -0.481 e. The molecule has 0 radical (unpaired) electrons. The molecule has 7 nitrogen and oxygen atoms in total. The quantitative estimate of drug-likeness (QED) is 0.820. The summed E-state index contributed by atoms with van der Waals surface area (Å²) in [5.41, 5.74) is -0.351. The number of carboxylic acids is 1. The van der Waals surface area contributed by atoms with Crippen LogP contribution >= 0.6 is 0 Å². The van der Waals surface area contributed by atoms with Crippen LogP contribution in [0.5, 0.6) is 0 Å². The van der Waals surface area contributed by atoms with Crippen molar-refractivity contribution in [2.45, 2.75) is 17.7 Å². The molecular formula is C14H16FNO6S. The molecule has 0 amide bonds. The summed E-state index contributed by atoms with van der Waals surface area (Å²) < 4.78 is 44.3. The van der Waals surface area contributed by atoms with Crippen LogP contribution in [0.15, 0.2) is 23.1 Å². The molecule has 0 unspecified atom stereocenters. The Balaban J connectivity index is 2.22. The Labute approximate surface area is 132 Å². The summed E-state index contributed by atoms with van der Waals surface area (Å²) in [6, 6.07) is 2.96. The first kappa shape index (κ1) is 17.4. The highest BCUT2D eigenvalue weighted by molar-refractivity contribution is 7.89. The Morgan fingerprint density at radius 1 is 1.30 bits per heavy atom. The topological polar surface area (TPSA) is 101 Å². The summed E-state index contributed by atoms with van der Waals surface area (Å²) in [6.07, 6.45) is 0.411. The lowest BCUT2D eigenvalue weighted by Crippen LogP contribution is -2.40. The second kappa shape index (κ2) is 6.63. The van der Waals surface area contributed by atoms with Crippen LogP contribution in [0.1, 0.15) is 23.2 Å². The smallest absolute Gasteiger partial charge is 0.340 e. The zero-order valence-electron chi connectivity index (χ0n) is 12.4. The molecule has 1 saturated heterocycles. The predicted molar refractivity (Wildman–Crippen MR) is 76.9 cm³/mol. The van der Waals surface area contributed by atoms with Crippen LogP contribution in [0.3, 0.4) is 0 Å². The van der Waals surface area contributed by atoms with Crippen molar-refractivity contribution in [3.63, 3.8) is 0 Å². The van der Waals surface area contributed by atoms with Gasteiger partial charge in [-0.25, -0.2) is 17.6 Å². The molecule has 126 valence electrons. The van der Waals surface area contributed by atoms with E-state index in [1.54, 1.807) is 0 Å². The van der Waals surface area contributed by atoms with Crippen molar-refractivity contribution in [1.82, 2.24) is 4.31 Å². The maximum absolute atomic E-state index is 13.9. The van der Waals surface area contributed by atoms with Gasteiger partial charge in [-0.15, -0.1) is 0 Å². The minimum atomic E-state index is -3.93. The van der Waals surface area contributed by atoms with E-state index in [0.717, 1.165) is 29.6 Å². The van der Waals surface area contributed by atoms with Crippen molar-refractivity contribution < 1.29 is 32.2 Å². The number of methoxy groups -OCH3 is 1. The van der Waals surface area contributed by atoms with E-state index < -0.39 is 33.7 Å². The molecule has 1 aliphatic heterocycles. The molecule has 1 fully saturated rings. The predicted octanol–water partition coefficient (Wildman–Crippen LogP) is 1.10. The van der Waals surface area contributed by atoms with Gasteiger partial charge in [0.05, 0.1) is 23.5 Å². The maximum atomic E-state index is 13.9. The largest absolute Gasteiger partial charge is 0.481 e. The molecule has 23 heavy (non-hydrogen) atoms. The maximum Gasteiger partial charge on any atom is 0.340 e. The monoisotopic (exact) mass is 345 g/mol. The number of carbonyl (C=O) groups excluding carboxylic acids is 1. The Hall–Kier alpha value is -2.00. The van der Waals surface area contributed by atoms with Crippen molar-refractivity contribution in [2.24, 2.45) is 5.92 Å². The number of benzene rings is 1. The van der Waals surface area contributed by atoms with Crippen LogP contribution in [-0.4, -0.2) is 50.0 Å². The van der Waals surface area contributed by atoms with E-state index in [9.17, 15) is 22.4 Å². The van der Waals surface area contributed by atoms with Crippen molar-refractivity contribution in [2.75, 3.05) is 20.2 Å². The Morgan fingerprint density at radius 3 is 2.39 bits per heavy atom. The van der Waals surface area contributed by atoms with Gasteiger partial charge in [-0.2, -0.15) is 4.31 Å². The zero-order valence-corrected chi connectivity index (χ0v) is 13.2. The number of halogens is 1. The summed E-state index contributed by atoms with van der Waals surface area (Å²) in [4.78, 5) is 21.9. The van der Waals surface area contributed by atoms with Crippen molar-refractivity contribution in [3.8, 4) is 0 Å². The third-order valence-electron chi connectivity index (χ3n) is 3.79. The van der Waals surface area contributed by atoms with Crippen LogP contribution in [0.25, 0.3) is 0 Å². The summed E-state index contributed by atoms with van der Waals surface area (Å²) in [7, 11) is -2.84. The Bertz CT molecular complexity index is 725. The van der Waals surface area contributed by atoms with Gasteiger partial charge in [0.15, 0.2) is 0 Å². The minimum absolute atomic E-state index is 0.0552. The fraction of sp³-hybridized carbons (Fsp3) is 0.429. The van der Waals surface area contributed by atoms with E-state index in [2.05, 4.69) is 4.74 Å². The van der Waals surface area contributed by atoms with E-state index in [-0.39, 0.29) is 36.4 Å². The van der Waals surface area contributed by atoms with Gasteiger partial charge in [0.25, 0.3) is 0 Å². The third-order valence-corrected chi connectivity index (χ3v) is 5.68. The fourth-order valence-electron chi connectivity index (χ4n) is 2.42. The molecule has 0 aromatic heterocycles. The molecule has 1 aliphatic rings.